The Bertz CT molecular complexity index is 833. The molecule has 0 spiro atoms. The molecule has 1 aliphatic rings. The summed E-state index contributed by atoms with van der Waals surface area (Å²) in [6.07, 6.45) is 0. The molecule has 0 aliphatic carbocycles. The van der Waals surface area contributed by atoms with Gasteiger partial charge in [-0.1, -0.05) is 36.4 Å². The highest BCUT2D eigenvalue weighted by Gasteiger charge is 2.23. The van der Waals surface area contributed by atoms with Gasteiger partial charge in [-0.3, -0.25) is 9.59 Å². The van der Waals surface area contributed by atoms with Gasteiger partial charge in [0.05, 0.1) is 19.8 Å². The van der Waals surface area contributed by atoms with Crippen molar-refractivity contribution in [2.75, 3.05) is 39.4 Å². The van der Waals surface area contributed by atoms with Gasteiger partial charge in [0.15, 0.2) is 0 Å². The van der Waals surface area contributed by atoms with Crippen molar-refractivity contribution in [1.29, 1.82) is 0 Å². The summed E-state index contributed by atoms with van der Waals surface area (Å²) in [5.74, 6) is -0.429. The predicted octanol–water partition coefficient (Wildman–Crippen LogP) is 0.806. The number of aryl methyl sites for hydroxylation is 2. The number of hydrogen-bond acceptors (Lipinski definition) is 3. The van der Waals surface area contributed by atoms with E-state index in [2.05, 4.69) is 10.6 Å². The maximum Gasteiger partial charge on any atom is 0.251 e. The lowest BCUT2D eigenvalue weighted by Crippen LogP contribution is -3.14. The van der Waals surface area contributed by atoms with E-state index in [1.54, 1.807) is 6.07 Å². The van der Waals surface area contributed by atoms with E-state index in [9.17, 15) is 9.59 Å². The molecular weight excluding hydrogens is 366 g/mol. The lowest BCUT2D eigenvalue weighted by molar-refractivity contribution is -0.909. The number of nitrogens with one attached hydrogen (secondary N) is 3. The van der Waals surface area contributed by atoms with Gasteiger partial charge in [0.25, 0.3) is 5.91 Å². The fourth-order valence-electron chi connectivity index (χ4n) is 3.48. The molecule has 1 saturated heterocycles. The molecule has 0 aromatic heterocycles. The third-order valence-corrected chi connectivity index (χ3v) is 5.41. The van der Waals surface area contributed by atoms with Crippen LogP contribution in [-0.2, 0) is 9.53 Å². The first-order chi connectivity index (χ1) is 14.0. The van der Waals surface area contributed by atoms with Crippen molar-refractivity contribution < 1.29 is 19.2 Å². The summed E-state index contributed by atoms with van der Waals surface area (Å²) in [7, 11) is 0. The maximum absolute atomic E-state index is 12.6. The number of carbonyl (C=O) groups excluding carboxylic acids is 2. The minimum Gasteiger partial charge on any atom is -0.370 e. The molecule has 1 heterocycles. The standard InChI is InChI=1S/C23H29N3O3/c1-17-8-9-20(14-18(17)2)23(28)24-15-22(27)25-21(19-6-4-3-5-7-19)16-26-10-12-29-13-11-26/h3-9,14,21H,10-13,15-16H2,1-2H3,(H,24,28)(H,25,27)/p+1/t21-/m1/s1. The van der Waals surface area contributed by atoms with Crippen molar-refractivity contribution in [3.63, 3.8) is 0 Å². The molecule has 3 rings (SSSR count). The van der Waals surface area contributed by atoms with Gasteiger partial charge in [0.2, 0.25) is 5.91 Å². The van der Waals surface area contributed by atoms with Gasteiger partial charge in [0.1, 0.15) is 25.7 Å². The van der Waals surface area contributed by atoms with Crippen LogP contribution in [0.25, 0.3) is 0 Å². The zero-order valence-corrected chi connectivity index (χ0v) is 17.2. The molecule has 3 N–H and O–H groups in total. The summed E-state index contributed by atoms with van der Waals surface area (Å²) in [5.41, 5.74) is 3.83. The molecule has 2 amide bonds. The van der Waals surface area contributed by atoms with Crippen LogP contribution in [-0.4, -0.2) is 51.2 Å². The molecule has 2 aromatic rings. The Hall–Kier alpha value is -2.70. The smallest absolute Gasteiger partial charge is 0.251 e. The molecule has 2 aromatic carbocycles. The van der Waals surface area contributed by atoms with E-state index in [0.29, 0.717) is 5.56 Å². The van der Waals surface area contributed by atoms with Crippen molar-refractivity contribution in [1.82, 2.24) is 10.6 Å². The Kier molecular flexibility index (Phi) is 7.38. The molecule has 1 fully saturated rings. The average molecular weight is 397 g/mol. The number of benzene rings is 2. The Morgan fingerprint density at radius 2 is 1.76 bits per heavy atom. The molecule has 0 unspecified atom stereocenters. The van der Waals surface area contributed by atoms with E-state index in [1.807, 2.05) is 56.3 Å². The summed E-state index contributed by atoms with van der Waals surface area (Å²) in [6.45, 7) is 8.08. The molecule has 6 nitrogen and oxygen atoms in total. The largest absolute Gasteiger partial charge is 0.370 e. The molecule has 0 radical (unpaired) electrons. The van der Waals surface area contributed by atoms with Crippen LogP contribution in [0.15, 0.2) is 48.5 Å². The monoisotopic (exact) mass is 396 g/mol. The highest BCUT2D eigenvalue weighted by atomic mass is 16.5. The van der Waals surface area contributed by atoms with Crippen molar-refractivity contribution in [2.45, 2.75) is 19.9 Å². The maximum atomic E-state index is 12.6. The fourth-order valence-corrected chi connectivity index (χ4v) is 3.48. The van der Waals surface area contributed by atoms with Crippen LogP contribution in [0.4, 0.5) is 0 Å². The van der Waals surface area contributed by atoms with Gasteiger partial charge in [-0.25, -0.2) is 0 Å². The van der Waals surface area contributed by atoms with Crippen LogP contribution in [0.1, 0.15) is 33.1 Å². The second kappa shape index (κ2) is 10.2. The SMILES string of the molecule is Cc1ccc(C(=O)NCC(=O)N[C@H](C[NH+]2CCOCC2)c2ccccc2)cc1C. The van der Waals surface area contributed by atoms with Crippen LogP contribution in [0.3, 0.4) is 0 Å². The summed E-state index contributed by atoms with van der Waals surface area (Å²) in [6, 6.07) is 15.4. The van der Waals surface area contributed by atoms with Crippen molar-refractivity contribution >= 4 is 11.8 Å². The van der Waals surface area contributed by atoms with Gasteiger partial charge in [-0.15, -0.1) is 0 Å². The molecule has 0 bridgehead atoms. The van der Waals surface area contributed by atoms with Crippen molar-refractivity contribution in [3.8, 4) is 0 Å². The number of quaternary nitrogens is 1. The van der Waals surface area contributed by atoms with Crippen LogP contribution in [0.2, 0.25) is 0 Å². The van der Waals surface area contributed by atoms with Crippen LogP contribution < -0.4 is 15.5 Å². The van der Waals surface area contributed by atoms with Crippen LogP contribution in [0, 0.1) is 13.8 Å². The van der Waals surface area contributed by atoms with Crippen LogP contribution in [0.5, 0.6) is 0 Å². The normalized spacial score (nSPS) is 15.5. The van der Waals surface area contributed by atoms with E-state index < -0.39 is 0 Å². The number of carbonyl (C=O) groups is 2. The molecule has 1 aliphatic heterocycles. The summed E-state index contributed by atoms with van der Waals surface area (Å²) >= 11 is 0. The lowest BCUT2D eigenvalue weighted by Gasteiger charge is -2.28. The first-order valence-electron chi connectivity index (χ1n) is 10.1. The van der Waals surface area contributed by atoms with Crippen molar-refractivity contribution in [2.24, 2.45) is 0 Å². The van der Waals surface area contributed by atoms with Gasteiger partial charge in [0, 0.05) is 5.56 Å². The second-order valence-corrected chi connectivity index (χ2v) is 7.58. The van der Waals surface area contributed by atoms with E-state index in [4.69, 9.17) is 4.74 Å². The zero-order chi connectivity index (χ0) is 20.6. The van der Waals surface area contributed by atoms with E-state index in [1.165, 1.54) is 4.90 Å². The Labute approximate surface area is 172 Å². The Balaban J connectivity index is 1.58. The highest BCUT2D eigenvalue weighted by Crippen LogP contribution is 2.11. The molecule has 6 heteroatoms. The third kappa shape index (κ3) is 6.14. The van der Waals surface area contributed by atoms with Crippen LogP contribution >= 0.6 is 0 Å². The Morgan fingerprint density at radius 1 is 1.03 bits per heavy atom. The predicted molar refractivity (Wildman–Crippen MR) is 112 cm³/mol. The minimum atomic E-state index is -0.238. The van der Waals surface area contributed by atoms with Crippen molar-refractivity contribution in [3.05, 3.63) is 70.8 Å². The lowest BCUT2D eigenvalue weighted by atomic mass is 10.1. The van der Waals surface area contributed by atoms with E-state index in [-0.39, 0.29) is 24.4 Å². The average Bonchev–Trinajstić information content (AvgIpc) is 2.75. The number of ether oxygens (including phenoxy) is 1. The number of rotatable bonds is 7. The third-order valence-electron chi connectivity index (χ3n) is 5.41. The van der Waals surface area contributed by atoms with E-state index >= 15 is 0 Å². The fraction of sp³-hybridized carbons (Fsp3) is 0.391. The first kappa shape index (κ1) is 21.0. The number of amides is 2. The van der Waals surface area contributed by atoms with Gasteiger partial charge in [-0.2, -0.15) is 0 Å². The summed E-state index contributed by atoms with van der Waals surface area (Å²) in [5, 5.41) is 5.82. The first-order valence-corrected chi connectivity index (χ1v) is 10.1. The topological polar surface area (TPSA) is 71.9 Å². The number of morpholine rings is 1. The number of hydrogen-bond donors (Lipinski definition) is 3. The quantitative estimate of drug-likeness (QED) is 0.649. The highest BCUT2D eigenvalue weighted by molar-refractivity contribution is 5.96. The summed E-state index contributed by atoms with van der Waals surface area (Å²) < 4.78 is 5.44. The Morgan fingerprint density at radius 3 is 2.45 bits per heavy atom. The molecule has 29 heavy (non-hydrogen) atoms. The molecule has 0 saturated carbocycles. The van der Waals surface area contributed by atoms with Gasteiger partial charge < -0.3 is 20.3 Å². The molecular formula is C23H30N3O3+. The second-order valence-electron chi connectivity index (χ2n) is 7.58. The van der Waals surface area contributed by atoms with E-state index in [0.717, 1.165) is 49.5 Å². The minimum absolute atomic E-state index is 0.0481. The summed E-state index contributed by atoms with van der Waals surface area (Å²) in [4.78, 5) is 26.3. The van der Waals surface area contributed by atoms with Gasteiger partial charge in [-0.05, 0) is 42.7 Å². The molecule has 154 valence electrons. The van der Waals surface area contributed by atoms with Gasteiger partial charge >= 0.3 is 0 Å². The zero-order valence-electron chi connectivity index (χ0n) is 17.2. The molecule has 1 atom stereocenters.